The Hall–Kier alpha value is -3.40. The third kappa shape index (κ3) is 3.79. The van der Waals surface area contributed by atoms with Gasteiger partial charge in [-0.25, -0.2) is 4.90 Å². The maximum absolute atomic E-state index is 12.9. The number of amides is 2. The van der Waals surface area contributed by atoms with Crippen LogP contribution < -0.4 is 4.90 Å². The number of aromatic amines is 1. The van der Waals surface area contributed by atoms with Gasteiger partial charge in [-0.05, 0) is 41.6 Å². The van der Waals surface area contributed by atoms with Crippen molar-refractivity contribution in [1.29, 1.82) is 0 Å². The first-order valence-electron chi connectivity index (χ1n) is 8.24. The fourth-order valence-corrected chi connectivity index (χ4v) is 3.59. The number of carbonyl (C=O) groups is 2. The van der Waals surface area contributed by atoms with Crippen LogP contribution in [0, 0.1) is 0 Å². The van der Waals surface area contributed by atoms with Crippen molar-refractivity contribution >= 4 is 34.7 Å². The van der Waals surface area contributed by atoms with Crippen molar-refractivity contribution in [3.8, 4) is 11.4 Å². The number of thioether (sulfide) groups is 1. The third-order valence-corrected chi connectivity index (χ3v) is 4.99. The molecule has 4 rings (SSSR count). The molecule has 29 heavy (non-hydrogen) atoms. The highest BCUT2D eigenvalue weighted by atomic mass is 32.2. The highest BCUT2D eigenvalue weighted by molar-refractivity contribution is 8.19. The molecule has 0 atom stereocenters. The van der Waals surface area contributed by atoms with Crippen LogP contribution in [0.3, 0.4) is 0 Å². The monoisotopic (exact) mass is 416 g/mol. The summed E-state index contributed by atoms with van der Waals surface area (Å²) < 4.78 is 38.8. The van der Waals surface area contributed by atoms with Crippen molar-refractivity contribution in [2.45, 2.75) is 6.18 Å². The van der Waals surface area contributed by atoms with Crippen LogP contribution in [0.5, 0.6) is 0 Å². The highest BCUT2D eigenvalue weighted by Gasteiger charge is 2.38. The van der Waals surface area contributed by atoms with Gasteiger partial charge in [0.15, 0.2) is 5.82 Å². The van der Waals surface area contributed by atoms with Gasteiger partial charge >= 0.3 is 6.18 Å². The van der Waals surface area contributed by atoms with Gasteiger partial charge in [0.25, 0.3) is 11.1 Å². The van der Waals surface area contributed by atoms with Gasteiger partial charge in [0, 0.05) is 5.56 Å². The number of rotatable bonds is 3. The van der Waals surface area contributed by atoms with E-state index in [1.54, 1.807) is 24.3 Å². The predicted octanol–water partition coefficient (Wildman–Crippen LogP) is 4.73. The SMILES string of the molecule is O=C1S/C(=C\c2ccc(-c3nnc[nH]3)cc2)C(=O)N1c1cccc(C(F)(F)F)c1. The van der Waals surface area contributed by atoms with Crippen LogP contribution in [0.15, 0.2) is 59.8 Å². The predicted molar refractivity (Wildman–Crippen MR) is 102 cm³/mol. The molecule has 1 saturated heterocycles. The molecule has 0 aliphatic carbocycles. The number of hydrogen-bond donors (Lipinski definition) is 1. The molecule has 0 radical (unpaired) electrons. The fraction of sp³-hybridized carbons (Fsp3) is 0.0526. The molecule has 146 valence electrons. The number of halogens is 3. The van der Waals surface area contributed by atoms with E-state index in [9.17, 15) is 22.8 Å². The topological polar surface area (TPSA) is 79.0 Å². The van der Waals surface area contributed by atoms with E-state index in [-0.39, 0.29) is 10.6 Å². The van der Waals surface area contributed by atoms with Gasteiger partial charge in [0.05, 0.1) is 16.2 Å². The number of carbonyl (C=O) groups excluding carboxylic acids is 2. The number of alkyl halides is 3. The Labute approximate surface area is 166 Å². The van der Waals surface area contributed by atoms with E-state index < -0.39 is 22.9 Å². The Morgan fingerprint density at radius 3 is 2.48 bits per heavy atom. The minimum atomic E-state index is -4.57. The average Bonchev–Trinajstić information content (AvgIpc) is 3.31. The summed E-state index contributed by atoms with van der Waals surface area (Å²) in [5.74, 6) is -0.0833. The minimum Gasteiger partial charge on any atom is -0.328 e. The number of hydrogen-bond acceptors (Lipinski definition) is 5. The number of benzene rings is 2. The molecule has 0 unspecified atom stereocenters. The molecule has 0 saturated carbocycles. The van der Waals surface area contributed by atoms with Crippen LogP contribution in [0.2, 0.25) is 0 Å². The first kappa shape index (κ1) is 18.9. The van der Waals surface area contributed by atoms with E-state index >= 15 is 0 Å². The van der Waals surface area contributed by atoms with E-state index in [1.165, 1.54) is 18.5 Å². The molecule has 0 spiro atoms. The molecule has 1 aliphatic heterocycles. The molecule has 0 bridgehead atoms. The molecular weight excluding hydrogens is 405 g/mol. The van der Waals surface area contributed by atoms with E-state index in [2.05, 4.69) is 15.2 Å². The first-order chi connectivity index (χ1) is 13.8. The Morgan fingerprint density at radius 2 is 1.83 bits per heavy atom. The van der Waals surface area contributed by atoms with Crippen molar-refractivity contribution in [2.24, 2.45) is 0 Å². The van der Waals surface area contributed by atoms with Gasteiger partial charge in [-0.15, -0.1) is 10.2 Å². The molecule has 2 amide bonds. The lowest BCUT2D eigenvalue weighted by Gasteiger charge is -2.14. The zero-order valence-corrected chi connectivity index (χ0v) is 15.3. The van der Waals surface area contributed by atoms with Crippen LogP contribution in [-0.4, -0.2) is 26.3 Å². The lowest BCUT2D eigenvalue weighted by Crippen LogP contribution is -2.28. The molecule has 1 aromatic heterocycles. The summed E-state index contributed by atoms with van der Waals surface area (Å²) in [4.78, 5) is 28.7. The molecule has 10 heteroatoms. The number of imide groups is 1. The van der Waals surface area contributed by atoms with Crippen molar-refractivity contribution in [1.82, 2.24) is 15.2 Å². The van der Waals surface area contributed by atoms with Gasteiger partial charge in [0.2, 0.25) is 0 Å². The third-order valence-electron chi connectivity index (χ3n) is 4.12. The number of nitrogens with zero attached hydrogens (tertiary/aromatic N) is 3. The van der Waals surface area contributed by atoms with E-state index in [0.717, 1.165) is 28.7 Å². The molecule has 1 aliphatic rings. The van der Waals surface area contributed by atoms with E-state index in [0.29, 0.717) is 23.1 Å². The number of anilines is 1. The second-order valence-electron chi connectivity index (χ2n) is 6.02. The summed E-state index contributed by atoms with van der Waals surface area (Å²) in [6.07, 6.45) is -1.60. The maximum atomic E-state index is 12.9. The molecule has 1 N–H and O–H groups in total. The van der Waals surface area contributed by atoms with Crippen LogP contribution in [-0.2, 0) is 11.0 Å². The second-order valence-corrected chi connectivity index (χ2v) is 7.02. The molecule has 6 nitrogen and oxygen atoms in total. The molecular formula is C19H11F3N4O2S. The molecule has 3 aromatic rings. The lowest BCUT2D eigenvalue weighted by molar-refractivity contribution is -0.137. The molecule has 2 aromatic carbocycles. The Kier molecular flexibility index (Phi) is 4.71. The Bertz CT molecular complexity index is 1110. The van der Waals surface area contributed by atoms with Crippen molar-refractivity contribution in [2.75, 3.05) is 4.90 Å². The number of H-pyrrole nitrogens is 1. The quantitative estimate of drug-likeness (QED) is 0.625. The highest BCUT2D eigenvalue weighted by Crippen LogP contribution is 2.38. The summed E-state index contributed by atoms with van der Waals surface area (Å²) in [6, 6.07) is 11.1. The van der Waals surface area contributed by atoms with Gasteiger partial charge in [0.1, 0.15) is 6.33 Å². The zero-order valence-electron chi connectivity index (χ0n) is 14.5. The maximum Gasteiger partial charge on any atom is 0.416 e. The average molecular weight is 416 g/mol. The van der Waals surface area contributed by atoms with Crippen LogP contribution in [0.1, 0.15) is 11.1 Å². The van der Waals surface area contributed by atoms with Gasteiger partial charge < -0.3 is 4.98 Å². The Balaban J connectivity index is 1.60. The zero-order chi connectivity index (χ0) is 20.6. The smallest absolute Gasteiger partial charge is 0.328 e. The van der Waals surface area contributed by atoms with Crippen molar-refractivity contribution in [3.05, 3.63) is 70.9 Å². The first-order valence-corrected chi connectivity index (χ1v) is 9.06. The van der Waals surface area contributed by atoms with Crippen molar-refractivity contribution in [3.63, 3.8) is 0 Å². The minimum absolute atomic E-state index is 0.119. The summed E-state index contributed by atoms with van der Waals surface area (Å²) in [7, 11) is 0. The van der Waals surface area contributed by atoms with E-state index in [1.807, 2.05) is 0 Å². The lowest BCUT2D eigenvalue weighted by atomic mass is 10.1. The van der Waals surface area contributed by atoms with Gasteiger partial charge in [-0.2, -0.15) is 13.2 Å². The standard InChI is InChI=1S/C19H11F3N4O2S/c20-19(21,22)13-2-1-3-14(9-13)26-17(27)15(29-18(26)28)8-11-4-6-12(7-5-11)16-23-10-24-25-16/h1-10H,(H,23,24,25)/b15-8-. The van der Waals surface area contributed by atoms with Crippen LogP contribution in [0.25, 0.3) is 17.5 Å². The van der Waals surface area contributed by atoms with Gasteiger partial charge in [-0.3, -0.25) is 9.59 Å². The normalized spacial score (nSPS) is 16.1. The second kappa shape index (κ2) is 7.21. The van der Waals surface area contributed by atoms with Crippen LogP contribution >= 0.6 is 11.8 Å². The fourth-order valence-electron chi connectivity index (χ4n) is 2.75. The summed E-state index contributed by atoms with van der Waals surface area (Å²) >= 11 is 0.676. The summed E-state index contributed by atoms with van der Waals surface area (Å²) in [6.45, 7) is 0. The molecule has 1 fully saturated rings. The summed E-state index contributed by atoms with van der Waals surface area (Å²) in [5.41, 5.74) is 0.395. The van der Waals surface area contributed by atoms with E-state index in [4.69, 9.17) is 0 Å². The molecule has 2 heterocycles. The van der Waals surface area contributed by atoms with Gasteiger partial charge in [-0.1, -0.05) is 30.3 Å². The Morgan fingerprint density at radius 1 is 1.07 bits per heavy atom. The number of nitrogens with one attached hydrogen (secondary N) is 1. The largest absolute Gasteiger partial charge is 0.416 e. The van der Waals surface area contributed by atoms with Crippen molar-refractivity contribution < 1.29 is 22.8 Å². The summed E-state index contributed by atoms with van der Waals surface area (Å²) in [5, 5.41) is 6.95. The van der Waals surface area contributed by atoms with Crippen LogP contribution in [0.4, 0.5) is 23.7 Å². The number of aromatic nitrogens is 3.